The molecule has 0 radical (unpaired) electrons. The number of benzene rings is 3. The van der Waals surface area contributed by atoms with Crippen molar-refractivity contribution in [3.63, 3.8) is 0 Å². The van der Waals surface area contributed by atoms with Gasteiger partial charge in [-0.2, -0.15) is 0 Å². The highest BCUT2D eigenvalue weighted by Gasteiger charge is 2.22. The van der Waals surface area contributed by atoms with Gasteiger partial charge in [-0.25, -0.2) is 4.79 Å². The van der Waals surface area contributed by atoms with E-state index in [1.54, 1.807) is 42.6 Å². The summed E-state index contributed by atoms with van der Waals surface area (Å²) in [5.74, 6) is -1.91. The van der Waals surface area contributed by atoms with E-state index in [2.05, 4.69) is 22.5 Å². The normalized spacial score (nSPS) is 11.4. The lowest BCUT2D eigenvalue weighted by molar-refractivity contribution is -0.141. The zero-order valence-corrected chi connectivity index (χ0v) is 23.2. The van der Waals surface area contributed by atoms with E-state index < -0.39 is 11.9 Å². The summed E-state index contributed by atoms with van der Waals surface area (Å²) in [4.78, 5) is 41.4. The molecule has 0 aliphatic carbocycles. The second kappa shape index (κ2) is 14.6. The number of rotatable bonds is 13. The zero-order chi connectivity index (χ0) is 29.0. The summed E-state index contributed by atoms with van der Waals surface area (Å²) < 4.78 is 0. The number of hydrogen-bond acceptors (Lipinski definition) is 4. The van der Waals surface area contributed by atoms with Crippen LogP contribution in [0.3, 0.4) is 0 Å². The molecule has 1 heterocycles. The van der Waals surface area contributed by atoms with Crippen LogP contribution in [-0.2, 0) is 17.6 Å². The van der Waals surface area contributed by atoms with Gasteiger partial charge in [0.2, 0.25) is 0 Å². The van der Waals surface area contributed by atoms with E-state index in [0.29, 0.717) is 35.5 Å². The van der Waals surface area contributed by atoms with Crippen LogP contribution in [0.5, 0.6) is 0 Å². The third kappa shape index (κ3) is 8.86. The first-order valence-corrected chi connectivity index (χ1v) is 13.9. The van der Waals surface area contributed by atoms with E-state index in [1.807, 2.05) is 54.6 Å². The van der Waals surface area contributed by atoms with E-state index in [0.717, 1.165) is 30.4 Å². The number of urea groups is 1. The van der Waals surface area contributed by atoms with Gasteiger partial charge in [0.1, 0.15) is 0 Å². The first-order chi connectivity index (χ1) is 19.9. The van der Waals surface area contributed by atoms with Crippen molar-refractivity contribution in [1.29, 1.82) is 0 Å². The van der Waals surface area contributed by atoms with Crippen LogP contribution in [0.1, 0.15) is 54.1 Å². The van der Waals surface area contributed by atoms with Crippen LogP contribution in [0.15, 0.2) is 97.2 Å². The van der Waals surface area contributed by atoms with Crippen LogP contribution in [0.4, 0.5) is 16.2 Å². The number of carboxylic acids is 1. The molecule has 3 aromatic carbocycles. The number of aliphatic carboxylic acids is 1. The highest BCUT2D eigenvalue weighted by Crippen LogP contribution is 2.22. The Bertz CT molecular complexity index is 1430. The van der Waals surface area contributed by atoms with Gasteiger partial charge in [0.25, 0.3) is 0 Å². The summed E-state index contributed by atoms with van der Waals surface area (Å²) >= 11 is 0. The Kier molecular flexibility index (Phi) is 10.4. The maximum absolute atomic E-state index is 12.8. The number of nitrogens with one attached hydrogen (secondary N) is 2. The van der Waals surface area contributed by atoms with Gasteiger partial charge in [-0.1, -0.05) is 80.1 Å². The second-order valence-electron chi connectivity index (χ2n) is 10.1. The number of carbonyl (C=O) groups is 3. The van der Waals surface area contributed by atoms with Crippen LogP contribution in [-0.4, -0.2) is 27.9 Å². The minimum atomic E-state index is -0.960. The fraction of sp³-hybridized carbons (Fsp3) is 0.235. The van der Waals surface area contributed by atoms with Crippen molar-refractivity contribution in [2.24, 2.45) is 5.92 Å². The molecule has 0 fully saturated rings. The number of aryl methyl sites for hydroxylation is 2. The van der Waals surface area contributed by atoms with Crippen LogP contribution in [0.2, 0.25) is 0 Å². The zero-order valence-electron chi connectivity index (χ0n) is 23.2. The summed E-state index contributed by atoms with van der Waals surface area (Å²) in [5, 5.41) is 15.2. The highest BCUT2D eigenvalue weighted by atomic mass is 16.4. The number of aromatic nitrogens is 1. The standard InChI is InChI=1S/C34H35N3O4/c1-2-3-7-25-11-18-29(19-12-25)36-34(41)37-30-20-21-31(35-23-30)26-14-16-27(17-15-26)32(38)22-28(33(39)40)13-10-24-8-5-4-6-9-24/h4-6,8-9,11-12,14-21,23,28H,2-3,7,10,13,22H2,1H3,(H,39,40)(H2,36,37,41). The Morgan fingerprint density at radius 3 is 2.07 bits per heavy atom. The molecule has 4 rings (SSSR count). The van der Waals surface area contributed by atoms with Crippen molar-refractivity contribution < 1.29 is 19.5 Å². The number of ketones is 1. The molecule has 210 valence electrons. The van der Waals surface area contributed by atoms with Crippen LogP contribution >= 0.6 is 0 Å². The van der Waals surface area contributed by atoms with Crippen molar-refractivity contribution in [2.75, 3.05) is 10.6 Å². The van der Waals surface area contributed by atoms with Gasteiger partial charge >= 0.3 is 12.0 Å². The van der Waals surface area contributed by atoms with Gasteiger partial charge in [0.15, 0.2) is 5.78 Å². The number of carboxylic acid groups (broad SMARTS) is 1. The lowest BCUT2D eigenvalue weighted by atomic mass is 9.92. The maximum atomic E-state index is 12.8. The summed E-state index contributed by atoms with van der Waals surface area (Å²) in [5.41, 5.74) is 5.52. The molecule has 1 unspecified atom stereocenters. The number of hydrogen-bond donors (Lipinski definition) is 3. The number of anilines is 2. The third-order valence-electron chi connectivity index (χ3n) is 6.96. The molecule has 1 atom stereocenters. The molecule has 0 spiro atoms. The van der Waals surface area contributed by atoms with Crippen molar-refractivity contribution in [3.8, 4) is 11.3 Å². The number of Topliss-reactive ketones (excluding diaryl/α,β-unsaturated/α-hetero) is 1. The van der Waals surface area contributed by atoms with Crippen molar-refractivity contribution in [1.82, 2.24) is 4.98 Å². The van der Waals surface area contributed by atoms with E-state index in [-0.39, 0.29) is 18.2 Å². The Hall–Kier alpha value is -4.78. The Labute approximate surface area is 240 Å². The predicted molar refractivity (Wildman–Crippen MR) is 162 cm³/mol. The molecule has 7 nitrogen and oxygen atoms in total. The Morgan fingerprint density at radius 2 is 1.44 bits per heavy atom. The molecule has 1 aromatic heterocycles. The number of nitrogens with zero attached hydrogens (tertiary/aromatic N) is 1. The SMILES string of the molecule is CCCCc1ccc(NC(=O)Nc2ccc(-c3ccc(C(=O)CC(CCc4ccccc4)C(=O)O)cc3)nc2)cc1. The van der Waals surface area contributed by atoms with Gasteiger partial charge in [-0.3, -0.25) is 14.6 Å². The molecule has 0 aliphatic heterocycles. The van der Waals surface area contributed by atoms with E-state index in [9.17, 15) is 19.5 Å². The molecular formula is C34H35N3O4. The first-order valence-electron chi connectivity index (χ1n) is 13.9. The quantitative estimate of drug-likeness (QED) is 0.149. The lowest BCUT2D eigenvalue weighted by Crippen LogP contribution is -2.19. The first kappa shape index (κ1) is 29.2. The molecule has 0 bridgehead atoms. The average Bonchev–Trinajstić information content (AvgIpc) is 2.99. The van der Waals surface area contributed by atoms with Crippen LogP contribution < -0.4 is 10.6 Å². The molecule has 7 heteroatoms. The minimum absolute atomic E-state index is 0.0504. The smallest absolute Gasteiger partial charge is 0.323 e. The minimum Gasteiger partial charge on any atom is -0.481 e. The summed E-state index contributed by atoms with van der Waals surface area (Å²) in [6.45, 7) is 2.16. The molecular weight excluding hydrogens is 514 g/mol. The summed E-state index contributed by atoms with van der Waals surface area (Å²) in [6, 6.07) is 27.7. The third-order valence-corrected chi connectivity index (χ3v) is 6.96. The fourth-order valence-corrected chi connectivity index (χ4v) is 4.53. The average molecular weight is 550 g/mol. The maximum Gasteiger partial charge on any atom is 0.323 e. The van der Waals surface area contributed by atoms with Crippen molar-refractivity contribution in [3.05, 3.63) is 114 Å². The number of amides is 2. The largest absolute Gasteiger partial charge is 0.481 e. The highest BCUT2D eigenvalue weighted by molar-refractivity contribution is 6.00. The summed E-state index contributed by atoms with van der Waals surface area (Å²) in [7, 11) is 0. The van der Waals surface area contributed by atoms with Gasteiger partial charge < -0.3 is 15.7 Å². The predicted octanol–water partition coefficient (Wildman–Crippen LogP) is 7.64. The van der Waals surface area contributed by atoms with E-state index in [4.69, 9.17) is 0 Å². The van der Waals surface area contributed by atoms with Gasteiger partial charge in [-0.15, -0.1) is 0 Å². The van der Waals surface area contributed by atoms with E-state index >= 15 is 0 Å². The van der Waals surface area contributed by atoms with Gasteiger partial charge in [0.05, 0.1) is 23.5 Å². The summed E-state index contributed by atoms with van der Waals surface area (Å²) in [6.07, 6.45) is 5.84. The van der Waals surface area contributed by atoms with E-state index in [1.165, 1.54) is 5.56 Å². The van der Waals surface area contributed by atoms with Crippen molar-refractivity contribution in [2.45, 2.75) is 45.4 Å². The molecule has 0 aliphatic rings. The second-order valence-corrected chi connectivity index (χ2v) is 10.1. The van der Waals surface area contributed by atoms with Crippen LogP contribution in [0.25, 0.3) is 11.3 Å². The van der Waals surface area contributed by atoms with Crippen molar-refractivity contribution >= 4 is 29.2 Å². The molecule has 41 heavy (non-hydrogen) atoms. The monoisotopic (exact) mass is 549 g/mol. The molecule has 2 amide bonds. The molecule has 0 saturated heterocycles. The number of carbonyl (C=O) groups excluding carboxylic acids is 2. The topological polar surface area (TPSA) is 108 Å². The molecule has 3 N–H and O–H groups in total. The van der Waals surface area contributed by atoms with Gasteiger partial charge in [-0.05, 0) is 61.1 Å². The fourth-order valence-electron chi connectivity index (χ4n) is 4.53. The number of unbranched alkanes of at least 4 members (excludes halogenated alkanes) is 1. The number of pyridine rings is 1. The van der Waals surface area contributed by atoms with Gasteiger partial charge in [0, 0.05) is 23.2 Å². The molecule has 4 aromatic rings. The Balaban J connectivity index is 1.29. The van der Waals surface area contributed by atoms with Crippen LogP contribution in [0, 0.1) is 5.92 Å². The molecule has 0 saturated carbocycles. The lowest BCUT2D eigenvalue weighted by Gasteiger charge is -2.12. The Morgan fingerprint density at radius 1 is 0.780 bits per heavy atom.